The van der Waals surface area contributed by atoms with E-state index in [9.17, 15) is 26.4 Å². The van der Waals surface area contributed by atoms with Gasteiger partial charge in [0.1, 0.15) is 6.54 Å². The van der Waals surface area contributed by atoms with Crippen molar-refractivity contribution in [1.29, 1.82) is 0 Å². The highest BCUT2D eigenvalue weighted by Gasteiger charge is 2.30. The number of hydrogen-bond donors (Lipinski definition) is 0. The molecule has 0 aliphatic rings. The van der Waals surface area contributed by atoms with E-state index in [0.717, 1.165) is 12.5 Å². The minimum atomic E-state index is -4.65. The van der Waals surface area contributed by atoms with Crippen molar-refractivity contribution >= 4 is 9.84 Å². The first-order chi connectivity index (χ1) is 14.9. The lowest BCUT2D eigenvalue weighted by Crippen LogP contribution is -2.31. The van der Waals surface area contributed by atoms with E-state index in [1.54, 1.807) is 0 Å². The van der Waals surface area contributed by atoms with Gasteiger partial charge in [-0.25, -0.2) is 13.1 Å². The van der Waals surface area contributed by atoms with Crippen LogP contribution >= 0.6 is 0 Å². The summed E-state index contributed by atoms with van der Waals surface area (Å²) in [5.74, 6) is 0.655. The summed E-state index contributed by atoms with van der Waals surface area (Å²) >= 11 is 0. The molecule has 0 unspecified atom stereocenters. The summed E-state index contributed by atoms with van der Waals surface area (Å²) in [5.41, 5.74) is -0.0728. The molecule has 0 bridgehead atoms. The lowest BCUT2D eigenvalue weighted by molar-refractivity contribution is -0.143. The summed E-state index contributed by atoms with van der Waals surface area (Å²) in [4.78, 5) is 13.1. The molecular formula is C21H19F3N2O5S. The smallest absolute Gasteiger partial charge is 0.408 e. The zero-order valence-corrected chi connectivity index (χ0v) is 18.1. The number of halogens is 3. The third-order valence-corrected chi connectivity index (χ3v) is 5.77. The minimum Gasteiger partial charge on any atom is -0.493 e. The fraction of sp³-hybridized carbons (Fsp3) is 0.238. The molecule has 170 valence electrons. The van der Waals surface area contributed by atoms with Crippen LogP contribution in [-0.4, -0.2) is 44.8 Å². The predicted molar refractivity (Wildman–Crippen MR) is 112 cm³/mol. The number of benzene rings is 2. The Labute approximate surface area is 181 Å². The van der Waals surface area contributed by atoms with Gasteiger partial charge in [0.05, 0.1) is 30.9 Å². The highest BCUT2D eigenvalue weighted by Crippen LogP contribution is 2.35. The Morgan fingerprint density at radius 2 is 1.56 bits per heavy atom. The first-order valence-corrected chi connectivity index (χ1v) is 11.0. The van der Waals surface area contributed by atoms with Gasteiger partial charge in [-0.2, -0.15) is 18.3 Å². The number of rotatable bonds is 6. The van der Waals surface area contributed by atoms with Crippen LogP contribution < -0.4 is 15.0 Å². The van der Waals surface area contributed by atoms with Gasteiger partial charge in [-0.3, -0.25) is 4.79 Å². The molecule has 7 nitrogen and oxygen atoms in total. The molecule has 0 spiro atoms. The molecule has 2 aromatic carbocycles. The Morgan fingerprint density at radius 1 is 0.969 bits per heavy atom. The van der Waals surface area contributed by atoms with Crippen molar-refractivity contribution in [3.63, 3.8) is 0 Å². The summed E-state index contributed by atoms with van der Waals surface area (Å²) in [6, 6.07) is 10.1. The Morgan fingerprint density at radius 3 is 2.09 bits per heavy atom. The molecule has 32 heavy (non-hydrogen) atoms. The maximum Gasteiger partial charge on any atom is 0.408 e. The second kappa shape index (κ2) is 8.65. The van der Waals surface area contributed by atoms with Crippen LogP contribution in [0.1, 0.15) is 0 Å². The van der Waals surface area contributed by atoms with E-state index in [1.807, 2.05) is 0 Å². The van der Waals surface area contributed by atoms with Gasteiger partial charge in [0.2, 0.25) is 0 Å². The summed E-state index contributed by atoms with van der Waals surface area (Å²) in [6.45, 7) is -1.56. The molecule has 3 rings (SSSR count). The Balaban J connectivity index is 2.27. The number of nitrogens with zero attached hydrogens (tertiary/aromatic N) is 2. The van der Waals surface area contributed by atoms with Gasteiger partial charge < -0.3 is 9.47 Å². The minimum absolute atomic E-state index is 0.0442. The summed E-state index contributed by atoms with van der Waals surface area (Å²) in [5, 5.41) is 3.68. The Kier molecular flexibility index (Phi) is 6.31. The molecule has 0 aliphatic heterocycles. The first kappa shape index (κ1) is 23.3. The van der Waals surface area contributed by atoms with E-state index in [0.29, 0.717) is 16.0 Å². The lowest BCUT2D eigenvalue weighted by atomic mass is 9.97. The molecule has 1 aromatic heterocycles. The molecule has 0 saturated heterocycles. The Hall–Kier alpha value is -3.34. The molecule has 0 saturated carbocycles. The van der Waals surface area contributed by atoms with Crippen LogP contribution in [0.5, 0.6) is 11.5 Å². The van der Waals surface area contributed by atoms with E-state index in [1.165, 1.54) is 56.7 Å². The molecular weight excluding hydrogens is 449 g/mol. The summed E-state index contributed by atoms with van der Waals surface area (Å²) in [7, 11) is -0.637. The summed E-state index contributed by atoms with van der Waals surface area (Å²) < 4.78 is 73.1. The van der Waals surface area contributed by atoms with Crippen molar-refractivity contribution in [2.45, 2.75) is 17.6 Å². The maximum atomic E-state index is 13.1. The molecule has 1 heterocycles. The molecule has 0 fully saturated rings. The second-order valence-electron chi connectivity index (χ2n) is 6.88. The predicted octanol–water partition coefficient (Wildman–Crippen LogP) is 3.56. The average Bonchev–Trinajstić information content (AvgIpc) is 2.73. The third-order valence-electron chi connectivity index (χ3n) is 4.64. The standard InChI is InChI=1S/C21H19F3N2O5S/c1-30-17-9-6-14(10-18(17)31-2)19-16(11-25-26(20(19)27)12-21(22,23)24)13-4-7-15(8-5-13)32(3,28)29/h4-11H,12H2,1-3H3. The van der Waals surface area contributed by atoms with Crippen LogP contribution in [0.15, 0.2) is 58.4 Å². The lowest BCUT2D eigenvalue weighted by Gasteiger charge is -2.15. The molecule has 0 N–H and O–H groups in total. The largest absolute Gasteiger partial charge is 0.493 e. The molecule has 0 radical (unpaired) electrons. The van der Waals surface area contributed by atoms with Crippen LogP contribution in [-0.2, 0) is 16.4 Å². The third kappa shape index (κ3) is 4.93. The fourth-order valence-corrected chi connectivity index (χ4v) is 3.77. The molecule has 0 aliphatic carbocycles. The Bertz CT molecular complexity index is 1300. The highest BCUT2D eigenvalue weighted by atomic mass is 32.2. The number of ether oxygens (including phenoxy) is 2. The number of methoxy groups -OCH3 is 2. The normalized spacial score (nSPS) is 11.9. The van der Waals surface area contributed by atoms with Crippen LogP contribution in [0, 0.1) is 0 Å². The molecule has 0 amide bonds. The van der Waals surface area contributed by atoms with Crippen molar-refractivity contribution in [3.8, 4) is 33.8 Å². The van der Waals surface area contributed by atoms with E-state index in [-0.39, 0.29) is 27.3 Å². The topological polar surface area (TPSA) is 87.5 Å². The number of sulfone groups is 1. The quantitative estimate of drug-likeness (QED) is 0.550. The van der Waals surface area contributed by atoms with Crippen LogP contribution in [0.25, 0.3) is 22.3 Å². The van der Waals surface area contributed by atoms with Gasteiger partial charge in [0.25, 0.3) is 5.56 Å². The van der Waals surface area contributed by atoms with Gasteiger partial charge in [0.15, 0.2) is 21.3 Å². The molecule has 0 atom stereocenters. The monoisotopic (exact) mass is 468 g/mol. The maximum absolute atomic E-state index is 13.1. The molecule has 11 heteroatoms. The van der Waals surface area contributed by atoms with Crippen molar-refractivity contribution in [3.05, 3.63) is 59.0 Å². The van der Waals surface area contributed by atoms with Crippen molar-refractivity contribution < 1.29 is 31.1 Å². The van der Waals surface area contributed by atoms with Gasteiger partial charge in [-0.05, 0) is 35.4 Å². The molecule has 3 aromatic rings. The highest BCUT2D eigenvalue weighted by molar-refractivity contribution is 7.90. The van der Waals surface area contributed by atoms with Crippen LogP contribution in [0.2, 0.25) is 0 Å². The zero-order chi connectivity index (χ0) is 23.7. The van der Waals surface area contributed by atoms with E-state index < -0.39 is 28.1 Å². The van der Waals surface area contributed by atoms with Crippen molar-refractivity contribution in [2.24, 2.45) is 0 Å². The first-order valence-electron chi connectivity index (χ1n) is 9.14. The zero-order valence-electron chi connectivity index (χ0n) is 17.3. The van der Waals surface area contributed by atoms with Crippen molar-refractivity contribution in [1.82, 2.24) is 9.78 Å². The number of aromatic nitrogens is 2. The van der Waals surface area contributed by atoms with E-state index in [2.05, 4.69) is 5.10 Å². The van der Waals surface area contributed by atoms with Crippen LogP contribution in [0.3, 0.4) is 0 Å². The van der Waals surface area contributed by atoms with Gasteiger partial charge >= 0.3 is 6.18 Å². The fourth-order valence-electron chi connectivity index (χ4n) is 3.14. The second-order valence-corrected chi connectivity index (χ2v) is 8.89. The number of hydrogen-bond acceptors (Lipinski definition) is 6. The van der Waals surface area contributed by atoms with Crippen molar-refractivity contribution in [2.75, 3.05) is 20.5 Å². The average molecular weight is 468 g/mol. The number of alkyl halides is 3. The van der Waals surface area contributed by atoms with Crippen LogP contribution in [0.4, 0.5) is 13.2 Å². The SMILES string of the molecule is COc1ccc(-c2c(-c3ccc(S(C)(=O)=O)cc3)cnn(CC(F)(F)F)c2=O)cc1OC. The van der Waals surface area contributed by atoms with E-state index in [4.69, 9.17) is 9.47 Å². The van der Waals surface area contributed by atoms with Gasteiger partial charge in [0, 0.05) is 11.8 Å². The van der Waals surface area contributed by atoms with E-state index >= 15 is 0 Å². The van der Waals surface area contributed by atoms with Gasteiger partial charge in [-0.15, -0.1) is 0 Å². The van der Waals surface area contributed by atoms with Gasteiger partial charge in [-0.1, -0.05) is 18.2 Å². The summed E-state index contributed by atoms with van der Waals surface area (Å²) in [6.07, 6.45) is -2.45.